The number of ether oxygens (including phenoxy) is 1. The maximum atomic E-state index is 10.0. The molecule has 0 amide bonds. The van der Waals surface area contributed by atoms with E-state index in [9.17, 15) is 15.3 Å². The van der Waals surface area contributed by atoms with Gasteiger partial charge < -0.3 is 25.4 Å². The number of aliphatic hydroxyl groups is 1. The van der Waals surface area contributed by atoms with Crippen molar-refractivity contribution >= 4 is 5.69 Å². The summed E-state index contributed by atoms with van der Waals surface area (Å²) < 4.78 is 4.97. The van der Waals surface area contributed by atoms with Crippen LogP contribution in [0.15, 0.2) is 24.4 Å². The molecule has 112 valence electrons. The van der Waals surface area contributed by atoms with Gasteiger partial charge in [0.1, 0.15) is 5.75 Å². The number of hydrogen-bond acceptors (Lipinski definition) is 6. The Labute approximate surface area is 122 Å². The molecule has 1 heterocycles. The number of anilines is 1. The van der Waals surface area contributed by atoms with Gasteiger partial charge in [0.15, 0.2) is 11.5 Å². The number of phenolic OH excluding ortho intramolecular Hbond substituents is 1. The quantitative estimate of drug-likeness (QED) is 0.672. The maximum Gasteiger partial charge on any atom is 0.160 e. The summed E-state index contributed by atoms with van der Waals surface area (Å²) in [6.07, 6.45) is 1.54. The highest BCUT2D eigenvalue weighted by Gasteiger charge is 2.11. The standard InChI is InChI=1S/C15H18N2O4/c1-9-15(20)12(10(8-18)6-16-9)7-17-11-3-4-14(21-2)13(19)5-11/h3-6,17-20H,7-8H2,1-2H3. The van der Waals surface area contributed by atoms with Gasteiger partial charge in [-0.25, -0.2) is 0 Å². The lowest BCUT2D eigenvalue weighted by atomic mass is 10.1. The molecule has 21 heavy (non-hydrogen) atoms. The Morgan fingerprint density at radius 3 is 2.67 bits per heavy atom. The molecule has 0 aliphatic heterocycles. The topological polar surface area (TPSA) is 94.8 Å². The number of aromatic nitrogens is 1. The van der Waals surface area contributed by atoms with Crippen LogP contribution in [-0.4, -0.2) is 27.4 Å². The lowest BCUT2D eigenvalue weighted by Gasteiger charge is -2.13. The molecular weight excluding hydrogens is 272 g/mol. The molecule has 0 bridgehead atoms. The molecule has 0 aliphatic carbocycles. The van der Waals surface area contributed by atoms with Crippen molar-refractivity contribution in [1.29, 1.82) is 0 Å². The third-order valence-corrected chi connectivity index (χ3v) is 3.25. The van der Waals surface area contributed by atoms with Crippen molar-refractivity contribution in [1.82, 2.24) is 4.98 Å². The van der Waals surface area contributed by atoms with E-state index in [1.165, 1.54) is 19.4 Å². The van der Waals surface area contributed by atoms with Crippen molar-refractivity contribution in [2.24, 2.45) is 0 Å². The van der Waals surface area contributed by atoms with E-state index in [0.29, 0.717) is 34.8 Å². The largest absolute Gasteiger partial charge is 0.506 e. The van der Waals surface area contributed by atoms with Crippen molar-refractivity contribution in [2.75, 3.05) is 12.4 Å². The van der Waals surface area contributed by atoms with Crippen LogP contribution in [0.4, 0.5) is 5.69 Å². The van der Waals surface area contributed by atoms with Crippen molar-refractivity contribution in [3.8, 4) is 17.2 Å². The molecule has 2 aromatic rings. The molecule has 6 heteroatoms. The van der Waals surface area contributed by atoms with E-state index in [1.807, 2.05) is 0 Å². The SMILES string of the molecule is COc1ccc(NCc2c(CO)cnc(C)c2O)cc1O. The number of aryl methyl sites for hydroxylation is 1. The molecule has 0 radical (unpaired) electrons. The second kappa shape index (κ2) is 6.32. The zero-order chi connectivity index (χ0) is 15.4. The van der Waals surface area contributed by atoms with Gasteiger partial charge in [0.2, 0.25) is 0 Å². The van der Waals surface area contributed by atoms with Crippen LogP contribution in [0.25, 0.3) is 0 Å². The molecule has 0 unspecified atom stereocenters. The molecule has 0 aliphatic rings. The Bertz CT molecular complexity index is 644. The summed E-state index contributed by atoms with van der Waals surface area (Å²) in [4.78, 5) is 4.01. The van der Waals surface area contributed by atoms with E-state index in [2.05, 4.69) is 10.3 Å². The summed E-state index contributed by atoms with van der Waals surface area (Å²) in [5.41, 5.74) is 2.32. The van der Waals surface area contributed by atoms with Crippen LogP contribution in [0.1, 0.15) is 16.8 Å². The predicted octanol–water partition coefficient (Wildman–Crippen LogP) is 1.91. The van der Waals surface area contributed by atoms with E-state index in [4.69, 9.17) is 4.74 Å². The van der Waals surface area contributed by atoms with Crippen LogP contribution < -0.4 is 10.1 Å². The molecule has 1 aromatic carbocycles. The van der Waals surface area contributed by atoms with Crippen LogP contribution in [0.3, 0.4) is 0 Å². The lowest BCUT2D eigenvalue weighted by Crippen LogP contribution is -2.05. The van der Waals surface area contributed by atoms with Gasteiger partial charge in [-0.15, -0.1) is 0 Å². The summed E-state index contributed by atoms with van der Waals surface area (Å²) in [7, 11) is 1.48. The lowest BCUT2D eigenvalue weighted by molar-refractivity contribution is 0.279. The molecule has 4 N–H and O–H groups in total. The predicted molar refractivity (Wildman–Crippen MR) is 78.5 cm³/mol. The summed E-state index contributed by atoms with van der Waals surface area (Å²) in [5.74, 6) is 0.478. The average molecular weight is 290 g/mol. The zero-order valence-electron chi connectivity index (χ0n) is 11.9. The Balaban J connectivity index is 2.20. The minimum atomic E-state index is -0.203. The third kappa shape index (κ3) is 3.17. The molecular formula is C15H18N2O4. The summed E-state index contributed by atoms with van der Waals surface area (Å²) in [6, 6.07) is 4.92. The van der Waals surface area contributed by atoms with E-state index in [1.54, 1.807) is 19.1 Å². The number of phenols is 1. The number of nitrogens with zero attached hydrogens (tertiary/aromatic N) is 1. The number of methoxy groups -OCH3 is 1. The number of rotatable bonds is 5. The molecule has 2 rings (SSSR count). The fraction of sp³-hybridized carbons (Fsp3) is 0.267. The number of aliphatic hydroxyl groups excluding tert-OH is 1. The number of benzene rings is 1. The van der Waals surface area contributed by atoms with E-state index >= 15 is 0 Å². The van der Waals surface area contributed by atoms with Crippen molar-refractivity contribution in [2.45, 2.75) is 20.1 Å². The van der Waals surface area contributed by atoms with Crippen molar-refractivity contribution < 1.29 is 20.1 Å². The Morgan fingerprint density at radius 1 is 1.29 bits per heavy atom. The molecule has 0 saturated carbocycles. The molecule has 1 aromatic heterocycles. The number of aromatic hydroxyl groups is 2. The second-order valence-corrected chi connectivity index (χ2v) is 4.59. The first kappa shape index (κ1) is 14.9. The van der Waals surface area contributed by atoms with Crippen LogP contribution in [0, 0.1) is 6.92 Å². The highest BCUT2D eigenvalue weighted by Crippen LogP contribution is 2.30. The summed E-state index contributed by atoms with van der Waals surface area (Å²) in [5, 5.41) is 32.2. The highest BCUT2D eigenvalue weighted by atomic mass is 16.5. The van der Waals surface area contributed by atoms with Crippen LogP contribution in [0.2, 0.25) is 0 Å². The van der Waals surface area contributed by atoms with Gasteiger partial charge in [-0.05, 0) is 19.1 Å². The fourth-order valence-corrected chi connectivity index (χ4v) is 2.01. The van der Waals surface area contributed by atoms with Gasteiger partial charge in [-0.3, -0.25) is 4.98 Å². The number of pyridine rings is 1. The van der Waals surface area contributed by atoms with Crippen molar-refractivity contribution in [3.05, 3.63) is 41.2 Å². The third-order valence-electron chi connectivity index (χ3n) is 3.25. The smallest absolute Gasteiger partial charge is 0.160 e. The first-order chi connectivity index (χ1) is 10.1. The molecule has 0 fully saturated rings. The summed E-state index contributed by atoms with van der Waals surface area (Å²) in [6.45, 7) is 1.79. The van der Waals surface area contributed by atoms with Crippen LogP contribution in [-0.2, 0) is 13.2 Å². The minimum Gasteiger partial charge on any atom is -0.506 e. The van der Waals surface area contributed by atoms with E-state index < -0.39 is 0 Å². The van der Waals surface area contributed by atoms with Gasteiger partial charge >= 0.3 is 0 Å². The van der Waals surface area contributed by atoms with Gasteiger partial charge in [0, 0.05) is 35.6 Å². The fourth-order valence-electron chi connectivity index (χ4n) is 2.01. The van der Waals surface area contributed by atoms with E-state index in [0.717, 1.165) is 0 Å². The van der Waals surface area contributed by atoms with E-state index in [-0.39, 0.29) is 18.1 Å². The first-order valence-corrected chi connectivity index (χ1v) is 6.44. The molecule has 6 nitrogen and oxygen atoms in total. The van der Waals surface area contributed by atoms with Gasteiger partial charge in [0.25, 0.3) is 0 Å². The summed E-state index contributed by atoms with van der Waals surface area (Å²) >= 11 is 0. The first-order valence-electron chi connectivity index (χ1n) is 6.44. The van der Waals surface area contributed by atoms with Crippen LogP contribution >= 0.6 is 0 Å². The van der Waals surface area contributed by atoms with Crippen LogP contribution in [0.5, 0.6) is 17.2 Å². The zero-order valence-corrected chi connectivity index (χ0v) is 11.9. The average Bonchev–Trinajstić information content (AvgIpc) is 2.49. The Morgan fingerprint density at radius 2 is 2.05 bits per heavy atom. The Kier molecular flexibility index (Phi) is 4.49. The van der Waals surface area contributed by atoms with Gasteiger partial charge in [0.05, 0.1) is 19.4 Å². The maximum absolute atomic E-state index is 10.0. The Hall–Kier alpha value is -2.47. The second-order valence-electron chi connectivity index (χ2n) is 4.59. The molecule has 0 saturated heterocycles. The minimum absolute atomic E-state index is 0.0278. The molecule has 0 spiro atoms. The molecule has 0 atom stereocenters. The van der Waals surface area contributed by atoms with Gasteiger partial charge in [-0.2, -0.15) is 0 Å². The number of nitrogens with one attached hydrogen (secondary N) is 1. The number of hydrogen-bond donors (Lipinski definition) is 4. The highest BCUT2D eigenvalue weighted by molar-refractivity contribution is 5.55. The monoisotopic (exact) mass is 290 g/mol. The normalized spacial score (nSPS) is 10.4. The van der Waals surface area contributed by atoms with Gasteiger partial charge in [-0.1, -0.05) is 0 Å². The van der Waals surface area contributed by atoms with Crippen molar-refractivity contribution in [3.63, 3.8) is 0 Å².